The SMILES string of the molecule is COc1ccc(CC(=O)Nc2ccccc2Oc2ccccc2Cl)cc1. The highest BCUT2D eigenvalue weighted by Crippen LogP contribution is 2.33. The third kappa shape index (κ3) is 4.55. The topological polar surface area (TPSA) is 47.6 Å². The molecular weight excluding hydrogens is 350 g/mol. The van der Waals surface area contributed by atoms with Crippen molar-refractivity contribution in [1.29, 1.82) is 0 Å². The minimum atomic E-state index is -0.134. The number of hydrogen-bond donors (Lipinski definition) is 1. The van der Waals surface area contributed by atoms with E-state index in [0.717, 1.165) is 11.3 Å². The summed E-state index contributed by atoms with van der Waals surface area (Å²) in [5.41, 5.74) is 1.48. The van der Waals surface area contributed by atoms with E-state index in [9.17, 15) is 4.79 Å². The van der Waals surface area contributed by atoms with Gasteiger partial charge in [0.05, 0.1) is 24.2 Å². The molecule has 0 aliphatic heterocycles. The lowest BCUT2D eigenvalue weighted by Crippen LogP contribution is -2.14. The van der Waals surface area contributed by atoms with Crippen LogP contribution < -0.4 is 14.8 Å². The Hall–Kier alpha value is -2.98. The summed E-state index contributed by atoms with van der Waals surface area (Å²) in [5.74, 6) is 1.69. The van der Waals surface area contributed by atoms with Gasteiger partial charge in [0.15, 0.2) is 5.75 Å². The number of amides is 1. The maximum absolute atomic E-state index is 12.4. The monoisotopic (exact) mass is 367 g/mol. The van der Waals surface area contributed by atoms with Crippen LogP contribution in [0.15, 0.2) is 72.8 Å². The molecule has 0 saturated heterocycles. The Labute approximate surface area is 157 Å². The number of methoxy groups -OCH3 is 1. The summed E-state index contributed by atoms with van der Waals surface area (Å²) in [6.45, 7) is 0. The van der Waals surface area contributed by atoms with Crippen LogP contribution >= 0.6 is 11.6 Å². The third-order valence-corrected chi connectivity index (χ3v) is 4.05. The van der Waals surface area contributed by atoms with E-state index in [2.05, 4.69) is 5.32 Å². The van der Waals surface area contributed by atoms with Crippen LogP contribution in [0.3, 0.4) is 0 Å². The lowest BCUT2D eigenvalue weighted by atomic mass is 10.1. The number of halogens is 1. The molecule has 0 heterocycles. The molecule has 26 heavy (non-hydrogen) atoms. The first-order valence-electron chi connectivity index (χ1n) is 8.10. The van der Waals surface area contributed by atoms with E-state index >= 15 is 0 Å². The van der Waals surface area contributed by atoms with Crippen LogP contribution in [-0.4, -0.2) is 13.0 Å². The number of carbonyl (C=O) groups is 1. The summed E-state index contributed by atoms with van der Waals surface area (Å²) in [4.78, 5) is 12.4. The second-order valence-electron chi connectivity index (χ2n) is 5.60. The molecule has 3 rings (SSSR count). The first-order chi connectivity index (χ1) is 12.7. The van der Waals surface area contributed by atoms with Gasteiger partial charge in [0.1, 0.15) is 11.5 Å². The predicted molar refractivity (Wildman–Crippen MR) is 103 cm³/mol. The summed E-state index contributed by atoms with van der Waals surface area (Å²) < 4.78 is 11.0. The van der Waals surface area contributed by atoms with E-state index in [1.807, 2.05) is 48.5 Å². The zero-order chi connectivity index (χ0) is 18.4. The Bertz CT molecular complexity index is 894. The minimum Gasteiger partial charge on any atom is -0.497 e. The molecule has 0 aliphatic carbocycles. The molecule has 0 atom stereocenters. The summed E-state index contributed by atoms with van der Waals surface area (Å²) in [7, 11) is 1.61. The summed E-state index contributed by atoms with van der Waals surface area (Å²) in [6.07, 6.45) is 0.254. The van der Waals surface area contributed by atoms with E-state index < -0.39 is 0 Å². The molecule has 0 fully saturated rings. The van der Waals surface area contributed by atoms with Crippen molar-refractivity contribution in [2.45, 2.75) is 6.42 Å². The van der Waals surface area contributed by atoms with Crippen molar-refractivity contribution in [3.63, 3.8) is 0 Å². The maximum atomic E-state index is 12.4. The minimum absolute atomic E-state index is 0.134. The van der Waals surface area contributed by atoms with Gasteiger partial charge in [-0.1, -0.05) is 48.0 Å². The van der Waals surface area contributed by atoms with Crippen molar-refractivity contribution in [2.75, 3.05) is 12.4 Å². The first-order valence-corrected chi connectivity index (χ1v) is 8.47. The Morgan fingerprint density at radius 1 is 0.923 bits per heavy atom. The van der Waals surface area contributed by atoms with Crippen molar-refractivity contribution < 1.29 is 14.3 Å². The standard InChI is InChI=1S/C21H18ClNO3/c1-25-16-12-10-15(11-13-16)14-21(24)23-18-7-3-5-9-20(18)26-19-8-4-2-6-17(19)22/h2-13H,14H2,1H3,(H,23,24). The molecule has 0 unspecified atom stereocenters. The first kappa shape index (κ1) is 17.8. The Morgan fingerprint density at radius 2 is 1.58 bits per heavy atom. The van der Waals surface area contributed by atoms with Crippen LogP contribution in [0.5, 0.6) is 17.2 Å². The van der Waals surface area contributed by atoms with Gasteiger partial charge < -0.3 is 14.8 Å². The Morgan fingerprint density at radius 3 is 2.27 bits per heavy atom. The lowest BCUT2D eigenvalue weighted by molar-refractivity contribution is -0.115. The van der Waals surface area contributed by atoms with E-state index in [4.69, 9.17) is 21.1 Å². The molecule has 3 aromatic carbocycles. The van der Waals surface area contributed by atoms with E-state index in [1.165, 1.54) is 0 Å². The second kappa shape index (κ2) is 8.41. The fourth-order valence-corrected chi connectivity index (χ4v) is 2.60. The maximum Gasteiger partial charge on any atom is 0.228 e. The molecule has 3 aromatic rings. The third-order valence-electron chi connectivity index (χ3n) is 3.74. The zero-order valence-corrected chi connectivity index (χ0v) is 15.0. The van der Waals surface area contributed by atoms with Crippen LogP contribution in [-0.2, 0) is 11.2 Å². The predicted octanol–water partition coefficient (Wildman–Crippen LogP) is 5.32. The Kier molecular flexibility index (Phi) is 5.77. The number of hydrogen-bond acceptors (Lipinski definition) is 3. The Balaban J connectivity index is 1.71. The lowest BCUT2D eigenvalue weighted by Gasteiger charge is -2.13. The fourth-order valence-electron chi connectivity index (χ4n) is 2.43. The molecule has 132 valence electrons. The van der Waals surface area contributed by atoms with Gasteiger partial charge in [-0.25, -0.2) is 0 Å². The van der Waals surface area contributed by atoms with Gasteiger partial charge in [-0.05, 0) is 42.0 Å². The normalized spacial score (nSPS) is 10.2. The zero-order valence-electron chi connectivity index (χ0n) is 14.2. The van der Waals surface area contributed by atoms with Crippen molar-refractivity contribution >= 4 is 23.2 Å². The molecule has 0 saturated carbocycles. The van der Waals surface area contributed by atoms with Gasteiger partial charge in [-0.15, -0.1) is 0 Å². The smallest absolute Gasteiger partial charge is 0.228 e. The summed E-state index contributed by atoms with van der Waals surface area (Å²) in [5, 5.41) is 3.40. The van der Waals surface area contributed by atoms with E-state index in [0.29, 0.717) is 22.2 Å². The molecule has 4 nitrogen and oxygen atoms in total. The van der Waals surface area contributed by atoms with E-state index in [-0.39, 0.29) is 12.3 Å². The molecule has 1 N–H and O–H groups in total. The van der Waals surface area contributed by atoms with E-state index in [1.54, 1.807) is 31.4 Å². The number of anilines is 1. The fraction of sp³-hybridized carbons (Fsp3) is 0.0952. The molecule has 0 bridgehead atoms. The van der Waals surface area contributed by atoms with Crippen LogP contribution in [0.2, 0.25) is 5.02 Å². The van der Waals surface area contributed by atoms with Crippen molar-refractivity contribution in [3.05, 3.63) is 83.4 Å². The van der Waals surface area contributed by atoms with Gasteiger partial charge in [-0.3, -0.25) is 4.79 Å². The number of rotatable bonds is 6. The summed E-state index contributed by atoms with van der Waals surface area (Å²) in [6, 6.07) is 21.8. The highest BCUT2D eigenvalue weighted by molar-refractivity contribution is 6.32. The molecular formula is C21H18ClNO3. The van der Waals surface area contributed by atoms with Crippen LogP contribution in [0, 0.1) is 0 Å². The number of ether oxygens (including phenoxy) is 2. The highest BCUT2D eigenvalue weighted by Gasteiger charge is 2.10. The van der Waals surface area contributed by atoms with Crippen molar-refractivity contribution in [2.24, 2.45) is 0 Å². The average Bonchev–Trinajstić information content (AvgIpc) is 2.66. The van der Waals surface area contributed by atoms with Gasteiger partial charge >= 0.3 is 0 Å². The van der Waals surface area contributed by atoms with Crippen LogP contribution in [0.4, 0.5) is 5.69 Å². The van der Waals surface area contributed by atoms with Crippen LogP contribution in [0.25, 0.3) is 0 Å². The van der Waals surface area contributed by atoms with Crippen molar-refractivity contribution in [3.8, 4) is 17.2 Å². The number of carbonyl (C=O) groups excluding carboxylic acids is 1. The molecule has 0 spiro atoms. The molecule has 1 amide bonds. The quantitative estimate of drug-likeness (QED) is 0.641. The van der Waals surface area contributed by atoms with Gasteiger partial charge in [0.25, 0.3) is 0 Å². The molecule has 0 aromatic heterocycles. The second-order valence-corrected chi connectivity index (χ2v) is 6.01. The number of benzene rings is 3. The molecule has 5 heteroatoms. The van der Waals surface area contributed by atoms with Crippen molar-refractivity contribution in [1.82, 2.24) is 0 Å². The average molecular weight is 368 g/mol. The van der Waals surface area contributed by atoms with Gasteiger partial charge in [0.2, 0.25) is 5.91 Å². The molecule has 0 radical (unpaired) electrons. The van der Waals surface area contributed by atoms with Gasteiger partial charge in [-0.2, -0.15) is 0 Å². The molecule has 0 aliphatic rings. The number of para-hydroxylation sites is 3. The number of nitrogens with one attached hydrogen (secondary N) is 1. The van der Waals surface area contributed by atoms with Gasteiger partial charge in [0, 0.05) is 0 Å². The highest BCUT2D eigenvalue weighted by atomic mass is 35.5. The largest absolute Gasteiger partial charge is 0.497 e. The summed E-state index contributed by atoms with van der Waals surface area (Å²) >= 11 is 6.14. The van der Waals surface area contributed by atoms with Crippen LogP contribution in [0.1, 0.15) is 5.56 Å².